The van der Waals surface area contributed by atoms with E-state index in [0.29, 0.717) is 17.5 Å². The van der Waals surface area contributed by atoms with Gasteiger partial charge in [0.15, 0.2) is 0 Å². The zero-order chi connectivity index (χ0) is 15.0. The van der Waals surface area contributed by atoms with Crippen LogP contribution in [0.15, 0.2) is 29.2 Å². The molecule has 0 aromatic heterocycles. The van der Waals surface area contributed by atoms with Crippen molar-refractivity contribution >= 4 is 10.0 Å². The second-order valence-electron chi connectivity index (χ2n) is 5.02. The first-order valence-electron chi connectivity index (χ1n) is 7.29. The molecule has 0 bridgehead atoms. The van der Waals surface area contributed by atoms with Gasteiger partial charge >= 0.3 is 0 Å². The highest BCUT2D eigenvalue weighted by atomic mass is 32.2. The Labute approximate surface area is 123 Å². The summed E-state index contributed by atoms with van der Waals surface area (Å²) in [5.74, 6) is 0. The van der Waals surface area contributed by atoms with Crippen LogP contribution in [0.3, 0.4) is 0 Å². The third kappa shape index (κ3) is 5.23. The van der Waals surface area contributed by atoms with Crippen molar-refractivity contribution in [3.8, 4) is 0 Å². The van der Waals surface area contributed by atoms with E-state index in [4.69, 9.17) is 0 Å². The van der Waals surface area contributed by atoms with Crippen LogP contribution >= 0.6 is 0 Å². The second-order valence-corrected chi connectivity index (χ2v) is 6.79. The van der Waals surface area contributed by atoms with Crippen molar-refractivity contribution in [1.82, 2.24) is 10.0 Å². The summed E-state index contributed by atoms with van der Waals surface area (Å²) in [6.45, 7) is 4.58. The Morgan fingerprint density at radius 2 is 1.75 bits per heavy atom. The Balaban J connectivity index is 2.73. The summed E-state index contributed by atoms with van der Waals surface area (Å²) in [7, 11) is -1.38. The van der Waals surface area contributed by atoms with E-state index < -0.39 is 10.0 Å². The maximum absolute atomic E-state index is 12.0. The monoisotopic (exact) mass is 298 g/mol. The van der Waals surface area contributed by atoms with E-state index in [1.54, 1.807) is 12.1 Å². The van der Waals surface area contributed by atoms with Crippen LogP contribution in [0.25, 0.3) is 0 Å². The maximum atomic E-state index is 12.0. The number of hydrogen-bond acceptors (Lipinski definition) is 3. The Kier molecular flexibility index (Phi) is 7.19. The van der Waals surface area contributed by atoms with Crippen LogP contribution in [0.5, 0.6) is 0 Å². The maximum Gasteiger partial charge on any atom is 0.240 e. The van der Waals surface area contributed by atoms with Crippen molar-refractivity contribution in [2.45, 2.75) is 50.5 Å². The van der Waals surface area contributed by atoms with Gasteiger partial charge in [0.1, 0.15) is 0 Å². The van der Waals surface area contributed by atoms with Gasteiger partial charge < -0.3 is 5.32 Å². The van der Waals surface area contributed by atoms with Crippen molar-refractivity contribution in [1.29, 1.82) is 0 Å². The molecule has 4 nitrogen and oxygen atoms in total. The first kappa shape index (κ1) is 17.1. The van der Waals surface area contributed by atoms with Crippen LogP contribution in [0, 0.1) is 0 Å². The van der Waals surface area contributed by atoms with E-state index in [-0.39, 0.29) is 0 Å². The molecule has 1 aromatic carbocycles. The van der Waals surface area contributed by atoms with Crippen molar-refractivity contribution in [2.24, 2.45) is 0 Å². The van der Waals surface area contributed by atoms with E-state index in [0.717, 1.165) is 31.2 Å². The summed E-state index contributed by atoms with van der Waals surface area (Å²) < 4.78 is 26.5. The summed E-state index contributed by atoms with van der Waals surface area (Å²) in [6, 6.07) is 7.62. The van der Waals surface area contributed by atoms with Crippen LogP contribution in [0.2, 0.25) is 0 Å². The van der Waals surface area contributed by atoms with Crippen LogP contribution in [-0.4, -0.2) is 28.1 Å². The van der Waals surface area contributed by atoms with Gasteiger partial charge in [0.05, 0.1) is 4.90 Å². The fraction of sp³-hybridized carbons (Fsp3) is 0.600. The lowest BCUT2D eigenvalue weighted by molar-refractivity contribution is 0.513. The SMILES string of the molecule is CCCNS(=O)(=O)c1ccc(CC(CCC)NC)cc1. The molecule has 0 radical (unpaired) electrons. The average molecular weight is 298 g/mol. The van der Waals surface area contributed by atoms with Crippen molar-refractivity contribution < 1.29 is 8.42 Å². The molecule has 0 aliphatic heterocycles. The standard InChI is InChI=1S/C15H26N2O2S/c1-4-6-14(16-3)12-13-7-9-15(10-8-13)20(18,19)17-11-5-2/h7-10,14,16-17H,4-6,11-12H2,1-3H3. The molecular formula is C15H26N2O2S. The van der Waals surface area contributed by atoms with E-state index in [1.165, 1.54) is 0 Å². The summed E-state index contributed by atoms with van der Waals surface area (Å²) >= 11 is 0. The Bertz CT molecular complexity index is 483. The van der Waals surface area contributed by atoms with Crippen molar-refractivity contribution in [2.75, 3.05) is 13.6 Å². The number of likely N-dealkylation sites (N-methyl/N-ethyl adjacent to an activating group) is 1. The fourth-order valence-electron chi connectivity index (χ4n) is 2.11. The predicted octanol–water partition coefficient (Wildman–Crippen LogP) is 2.31. The van der Waals surface area contributed by atoms with E-state index in [1.807, 2.05) is 26.1 Å². The third-order valence-corrected chi connectivity index (χ3v) is 4.78. The number of rotatable bonds is 9. The molecular weight excluding hydrogens is 272 g/mol. The summed E-state index contributed by atoms with van der Waals surface area (Å²) in [4.78, 5) is 0.339. The number of sulfonamides is 1. The minimum absolute atomic E-state index is 0.339. The molecule has 0 saturated carbocycles. The largest absolute Gasteiger partial charge is 0.317 e. The topological polar surface area (TPSA) is 58.2 Å². The minimum Gasteiger partial charge on any atom is -0.317 e. The molecule has 0 aliphatic rings. The molecule has 0 heterocycles. The van der Waals surface area contributed by atoms with Crippen LogP contribution < -0.4 is 10.0 Å². The highest BCUT2D eigenvalue weighted by molar-refractivity contribution is 7.89. The molecule has 114 valence electrons. The summed E-state index contributed by atoms with van der Waals surface area (Å²) in [5, 5.41) is 3.29. The van der Waals surface area contributed by atoms with Crippen LogP contribution in [0.4, 0.5) is 0 Å². The van der Waals surface area contributed by atoms with Gasteiger partial charge in [0, 0.05) is 12.6 Å². The molecule has 2 N–H and O–H groups in total. The van der Waals surface area contributed by atoms with E-state index in [9.17, 15) is 8.42 Å². The summed E-state index contributed by atoms with van der Waals surface area (Å²) in [6.07, 6.45) is 3.97. The van der Waals surface area contributed by atoms with E-state index >= 15 is 0 Å². The Morgan fingerprint density at radius 3 is 2.25 bits per heavy atom. The zero-order valence-electron chi connectivity index (χ0n) is 12.6. The highest BCUT2D eigenvalue weighted by Gasteiger charge is 2.13. The normalized spacial score (nSPS) is 13.3. The predicted molar refractivity (Wildman–Crippen MR) is 83.4 cm³/mol. The number of benzene rings is 1. The molecule has 0 saturated heterocycles. The molecule has 1 aromatic rings. The first-order valence-corrected chi connectivity index (χ1v) is 8.77. The highest BCUT2D eigenvalue weighted by Crippen LogP contribution is 2.13. The molecule has 0 spiro atoms. The number of hydrogen-bond donors (Lipinski definition) is 2. The zero-order valence-corrected chi connectivity index (χ0v) is 13.5. The van der Waals surface area contributed by atoms with Gasteiger partial charge in [-0.1, -0.05) is 32.4 Å². The van der Waals surface area contributed by atoms with Gasteiger partial charge in [-0.3, -0.25) is 0 Å². The Hall–Kier alpha value is -0.910. The van der Waals surface area contributed by atoms with Crippen molar-refractivity contribution in [3.63, 3.8) is 0 Å². The van der Waals surface area contributed by atoms with Crippen LogP contribution in [0.1, 0.15) is 38.7 Å². The molecule has 0 amide bonds. The molecule has 5 heteroatoms. The second kappa shape index (κ2) is 8.39. The average Bonchev–Trinajstić information content (AvgIpc) is 2.45. The molecule has 1 rings (SSSR count). The van der Waals surface area contributed by atoms with Gasteiger partial charge in [-0.25, -0.2) is 13.1 Å². The fourth-order valence-corrected chi connectivity index (χ4v) is 3.24. The lowest BCUT2D eigenvalue weighted by Crippen LogP contribution is -2.27. The van der Waals surface area contributed by atoms with Crippen molar-refractivity contribution in [3.05, 3.63) is 29.8 Å². The molecule has 0 fully saturated rings. The smallest absolute Gasteiger partial charge is 0.240 e. The number of nitrogens with one attached hydrogen (secondary N) is 2. The Morgan fingerprint density at radius 1 is 1.10 bits per heavy atom. The molecule has 1 unspecified atom stereocenters. The minimum atomic E-state index is -3.35. The van der Waals surface area contributed by atoms with Gasteiger partial charge in [-0.15, -0.1) is 0 Å². The van der Waals surface area contributed by atoms with E-state index in [2.05, 4.69) is 17.0 Å². The molecule has 0 aliphatic carbocycles. The first-order chi connectivity index (χ1) is 9.53. The van der Waals surface area contributed by atoms with Gasteiger partial charge in [0.2, 0.25) is 10.0 Å². The molecule has 1 atom stereocenters. The van der Waals surface area contributed by atoms with Gasteiger partial charge in [-0.2, -0.15) is 0 Å². The summed E-state index contributed by atoms with van der Waals surface area (Å²) in [5.41, 5.74) is 1.16. The van der Waals surface area contributed by atoms with Gasteiger partial charge in [0.25, 0.3) is 0 Å². The lowest BCUT2D eigenvalue weighted by atomic mass is 10.0. The third-order valence-electron chi connectivity index (χ3n) is 3.30. The van der Waals surface area contributed by atoms with Crippen LogP contribution in [-0.2, 0) is 16.4 Å². The quantitative estimate of drug-likeness (QED) is 0.735. The lowest BCUT2D eigenvalue weighted by Gasteiger charge is -2.15. The molecule has 20 heavy (non-hydrogen) atoms. The van der Waals surface area contributed by atoms with Gasteiger partial charge in [-0.05, 0) is 44.0 Å².